The molecule has 0 amide bonds. The van der Waals surface area contributed by atoms with Crippen molar-refractivity contribution in [3.8, 4) is 11.8 Å². The number of carbonyl (C=O) groups is 1. The zero-order valence-corrected chi connectivity index (χ0v) is 14.6. The third-order valence-electron chi connectivity index (χ3n) is 4.24. The molecule has 0 unspecified atom stereocenters. The molecule has 3 nitrogen and oxygen atoms in total. The van der Waals surface area contributed by atoms with Gasteiger partial charge in [-0.1, -0.05) is 36.1 Å². The zero-order chi connectivity index (χ0) is 17.9. The normalized spacial score (nSPS) is 14.7. The maximum Gasteiger partial charge on any atom is 0.307 e. The van der Waals surface area contributed by atoms with Crippen LogP contribution in [0.2, 0.25) is 0 Å². The predicted octanol–water partition coefficient (Wildman–Crippen LogP) is 4.13. The molecule has 0 bridgehead atoms. The Kier molecular flexibility index (Phi) is 4.92. The van der Waals surface area contributed by atoms with Crippen LogP contribution in [0, 0.1) is 11.8 Å². The van der Waals surface area contributed by atoms with Crippen molar-refractivity contribution in [1.82, 2.24) is 0 Å². The number of hydrogen-bond acceptors (Lipinski definition) is 2. The molecule has 0 atom stereocenters. The SMILES string of the molecule is CC(C)OC1(c2ccc(C#Cc3ccc(CC(=O)O)cc3)cc2)CC1. The lowest BCUT2D eigenvalue weighted by atomic mass is 10.0. The molecule has 2 aromatic carbocycles. The van der Waals surface area contributed by atoms with Crippen LogP contribution in [0.3, 0.4) is 0 Å². The minimum absolute atomic E-state index is 0.0371. The van der Waals surface area contributed by atoms with Crippen molar-refractivity contribution in [2.45, 2.75) is 44.8 Å². The summed E-state index contributed by atoms with van der Waals surface area (Å²) < 4.78 is 6.06. The van der Waals surface area contributed by atoms with Gasteiger partial charge in [0.25, 0.3) is 0 Å². The highest BCUT2D eigenvalue weighted by atomic mass is 16.5. The van der Waals surface area contributed by atoms with E-state index in [0.717, 1.165) is 29.5 Å². The lowest BCUT2D eigenvalue weighted by Gasteiger charge is -2.19. The topological polar surface area (TPSA) is 46.5 Å². The number of aliphatic carboxylic acids is 1. The molecule has 2 aromatic rings. The largest absolute Gasteiger partial charge is 0.481 e. The van der Waals surface area contributed by atoms with Crippen molar-refractivity contribution in [1.29, 1.82) is 0 Å². The van der Waals surface area contributed by atoms with Gasteiger partial charge in [-0.05, 0) is 62.1 Å². The van der Waals surface area contributed by atoms with Gasteiger partial charge in [0.2, 0.25) is 0 Å². The summed E-state index contributed by atoms with van der Waals surface area (Å²) in [7, 11) is 0. The van der Waals surface area contributed by atoms with Gasteiger partial charge in [0, 0.05) is 11.1 Å². The lowest BCUT2D eigenvalue weighted by molar-refractivity contribution is -0.136. The number of benzene rings is 2. The number of hydrogen-bond donors (Lipinski definition) is 1. The van der Waals surface area contributed by atoms with Crippen molar-refractivity contribution in [2.75, 3.05) is 0 Å². The summed E-state index contributed by atoms with van der Waals surface area (Å²) in [6, 6.07) is 15.6. The van der Waals surface area contributed by atoms with E-state index in [-0.39, 0.29) is 18.1 Å². The third kappa shape index (κ3) is 4.49. The molecule has 1 fully saturated rings. The van der Waals surface area contributed by atoms with Gasteiger partial charge in [-0.3, -0.25) is 4.79 Å². The molecule has 0 heterocycles. The van der Waals surface area contributed by atoms with Crippen molar-refractivity contribution >= 4 is 5.97 Å². The summed E-state index contributed by atoms with van der Waals surface area (Å²) in [6.45, 7) is 4.14. The highest BCUT2D eigenvalue weighted by Crippen LogP contribution is 2.49. The van der Waals surface area contributed by atoms with E-state index >= 15 is 0 Å². The standard InChI is InChI=1S/C22H22O3/c1-16(2)25-22(13-14-22)20-11-9-18(10-12-20)4-3-17-5-7-19(8-6-17)15-21(23)24/h5-12,16H,13-15H2,1-2H3,(H,23,24). The Morgan fingerprint density at radius 1 is 1.04 bits per heavy atom. The molecule has 0 aliphatic heterocycles. The molecule has 1 aliphatic carbocycles. The first-order chi connectivity index (χ1) is 12.0. The van der Waals surface area contributed by atoms with E-state index < -0.39 is 5.97 Å². The Bertz CT molecular complexity index is 801. The third-order valence-corrected chi connectivity index (χ3v) is 4.24. The van der Waals surface area contributed by atoms with Gasteiger partial charge in [-0.2, -0.15) is 0 Å². The molecular formula is C22H22O3. The van der Waals surface area contributed by atoms with Crippen LogP contribution in [0.25, 0.3) is 0 Å². The highest BCUT2D eigenvalue weighted by molar-refractivity contribution is 5.70. The second kappa shape index (κ2) is 7.13. The molecule has 0 radical (unpaired) electrons. The van der Waals surface area contributed by atoms with Gasteiger partial charge in [-0.15, -0.1) is 0 Å². The van der Waals surface area contributed by atoms with Crippen molar-refractivity contribution in [2.24, 2.45) is 0 Å². The van der Waals surface area contributed by atoms with Gasteiger partial charge in [-0.25, -0.2) is 0 Å². The fourth-order valence-corrected chi connectivity index (χ4v) is 2.92. The minimum Gasteiger partial charge on any atom is -0.481 e. The minimum atomic E-state index is -0.825. The van der Waals surface area contributed by atoms with E-state index in [0.29, 0.717) is 0 Å². The predicted molar refractivity (Wildman–Crippen MR) is 97.3 cm³/mol. The van der Waals surface area contributed by atoms with Crippen LogP contribution in [0.15, 0.2) is 48.5 Å². The van der Waals surface area contributed by atoms with Gasteiger partial charge >= 0.3 is 5.97 Å². The molecule has 0 aromatic heterocycles. The molecule has 1 N–H and O–H groups in total. The van der Waals surface area contributed by atoms with E-state index in [9.17, 15) is 4.79 Å². The Balaban J connectivity index is 1.68. The average molecular weight is 334 g/mol. The first-order valence-corrected chi connectivity index (χ1v) is 8.58. The van der Waals surface area contributed by atoms with E-state index in [4.69, 9.17) is 9.84 Å². The monoisotopic (exact) mass is 334 g/mol. The van der Waals surface area contributed by atoms with Gasteiger partial charge in [0.15, 0.2) is 0 Å². The zero-order valence-electron chi connectivity index (χ0n) is 14.6. The van der Waals surface area contributed by atoms with E-state index in [2.05, 4.69) is 37.8 Å². The molecule has 3 heteroatoms. The van der Waals surface area contributed by atoms with Crippen LogP contribution < -0.4 is 0 Å². The van der Waals surface area contributed by atoms with Crippen LogP contribution in [0.1, 0.15) is 48.9 Å². The summed E-state index contributed by atoms with van der Waals surface area (Å²) >= 11 is 0. The van der Waals surface area contributed by atoms with Crippen LogP contribution >= 0.6 is 0 Å². The number of ether oxygens (including phenoxy) is 1. The van der Waals surface area contributed by atoms with Gasteiger partial charge in [0.05, 0.1) is 18.1 Å². The maximum absolute atomic E-state index is 10.7. The molecule has 0 saturated heterocycles. The Labute approximate surface area is 148 Å². The van der Waals surface area contributed by atoms with Crippen LogP contribution in [-0.2, 0) is 21.6 Å². The van der Waals surface area contributed by atoms with Crippen molar-refractivity contribution in [3.05, 3.63) is 70.8 Å². The first kappa shape index (κ1) is 17.3. The molecule has 25 heavy (non-hydrogen) atoms. The van der Waals surface area contributed by atoms with Crippen LogP contribution in [-0.4, -0.2) is 17.2 Å². The summed E-state index contributed by atoms with van der Waals surface area (Å²) in [5, 5.41) is 8.78. The summed E-state index contributed by atoms with van der Waals surface area (Å²) in [4.78, 5) is 10.7. The number of rotatable bonds is 5. The average Bonchev–Trinajstić information content (AvgIpc) is 3.34. The first-order valence-electron chi connectivity index (χ1n) is 8.58. The fraction of sp³-hybridized carbons (Fsp3) is 0.318. The van der Waals surface area contributed by atoms with Crippen LogP contribution in [0.4, 0.5) is 0 Å². The lowest BCUT2D eigenvalue weighted by Crippen LogP contribution is -2.17. The second-order valence-corrected chi connectivity index (χ2v) is 6.76. The molecule has 1 saturated carbocycles. The second-order valence-electron chi connectivity index (χ2n) is 6.76. The Morgan fingerprint density at radius 2 is 1.56 bits per heavy atom. The highest BCUT2D eigenvalue weighted by Gasteiger charge is 2.46. The molecule has 1 aliphatic rings. The van der Waals surface area contributed by atoms with Gasteiger partial charge in [0.1, 0.15) is 0 Å². The van der Waals surface area contributed by atoms with E-state index in [1.807, 2.05) is 24.3 Å². The fourth-order valence-electron chi connectivity index (χ4n) is 2.92. The van der Waals surface area contributed by atoms with Crippen molar-refractivity contribution in [3.63, 3.8) is 0 Å². The Morgan fingerprint density at radius 3 is 2.00 bits per heavy atom. The van der Waals surface area contributed by atoms with E-state index in [1.165, 1.54) is 5.56 Å². The molecule has 3 rings (SSSR count). The smallest absolute Gasteiger partial charge is 0.307 e. The molecule has 0 spiro atoms. The number of carboxylic acid groups (broad SMARTS) is 1. The van der Waals surface area contributed by atoms with Crippen molar-refractivity contribution < 1.29 is 14.6 Å². The Hall–Kier alpha value is -2.57. The maximum atomic E-state index is 10.7. The quantitative estimate of drug-likeness (QED) is 0.837. The number of carboxylic acids is 1. The molecular weight excluding hydrogens is 312 g/mol. The van der Waals surface area contributed by atoms with E-state index in [1.54, 1.807) is 12.1 Å². The summed E-state index contributed by atoms with van der Waals surface area (Å²) in [5.41, 5.74) is 3.76. The summed E-state index contributed by atoms with van der Waals surface area (Å²) in [5.74, 6) is 5.45. The van der Waals surface area contributed by atoms with Crippen LogP contribution in [0.5, 0.6) is 0 Å². The molecule has 128 valence electrons. The van der Waals surface area contributed by atoms with Gasteiger partial charge < -0.3 is 9.84 Å². The summed E-state index contributed by atoms with van der Waals surface area (Å²) in [6.07, 6.45) is 2.43.